The lowest BCUT2D eigenvalue weighted by atomic mass is 9.75. The Balaban J connectivity index is 1.40. The van der Waals surface area contributed by atoms with Gasteiger partial charge in [-0.15, -0.1) is 0 Å². The number of fused-ring (bicyclic) bond motifs is 7. The van der Waals surface area contributed by atoms with E-state index < -0.39 is 0 Å². The van der Waals surface area contributed by atoms with Gasteiger partial charge in [0.1, 0.15) is 0 Å². The highest BCUT2D eigenvalue weighted by Crippen LogP contribution is 2.62. The fraction of sp³-hybridized carbons (Fsp3) is 0.130. The van der Waals surface area contributed by atoms with Gasteiger partial charge >= 0.3 is 0 Å². The molecular formula is C46H37N. The van der Waals surface area contributed by atoms with Gasteiger partial charge in [-0.05, 0) is 96.7 Å². The average molecular weight is 604 g/mol. The molecule has 1 nitrogen and oxygen atoms in total. The maximum Gasteiger partial charge on any atom is 0.0555 e. The van der Waals surface area contributed by atoms with Crippen LogP contribution in [0.4, 0.5) is 17.1 Å². The van der Waals surface area contributed by atoms with Crippen LogP contribution in [0.3, 0.4) is 0 Å². The summed E-state index contributed by atoms with van der Waals surface area (Å²) in [6.07, 6.45) is 0. The molecule has 226 valence electrons. The van der Waals surface area contributed by atoms with Crippen molar-refractivity contribution in [3.63, 3.8) is 0 Å². The van der Waals surface area contributed by atoms with Crippen molar-refractivity contribution in [3.05, 3.63) is 174 Å². The Kier molecular flexibility index (Phi) is 5.96. The highest BCUT2D eigenvalue weighted by atomic mass is 15.2. The summed E-state index contributed by atoms with van der Waals surface area (Å²) < 4.78 is 0. The van der Waals surface area contributed by atoms with Gasteiger partial charge in [-0.1, -0.05) is 149 Å². The molecule has 7 aromatic rings. The van der Waals surface area contributed by atoms with E-state index in [4.69, 9.17) is 0 Å². The quantitative estimate of drug-likeness (QED) is 0.193. The Bertz CT molecular complexity index is 2260. The maximum atomic E-state index is 2.57. The van der Waals surface area contributed by atoms with Crippen molar-refractivity contribution in [2.75, 3.05) is 4.90 Å². The van der Waals surface area contributed by atoms with Gasteiger partial charge < -0.3 is 4.90 Å². The summed E-state index contributed by atoms with van der Waals surface area (Å²) in [6.45, 7) is 9.67. The number of hydrogen-bond donors (Lipinski definition) is 0. The molecule has 0 fully saturated rings. The number of hydrogen-bond acceptors (Lipinski definition) is 1. The van der Waals surface area contributed by atoms with Crippen molar-refractivity contribution in [1.82, 2.24) is 0 Å². The monoisotopic (exact) mass is 603 g/mol. The maximum absolute atomic E-state index is 2.57. The van der Waals surface area contributed by atoms with Crippen LogP contribution in [-0.4, -0.2) is 0 Å². The van der Waals surface area contributed by atoms with Crippen LogP contribution in [0, 0.1) is 0 Å². The van der Waals surface area contributed by atoms with Crippen molar-refractivity contribution in [1.29, 1.82) is 0 Å². The molecule has 0 atom stereocenters. The molecule has 0 spiro atoms. The predicted octanol–water partition coefficient (Wildman–Crippen LogP) is 12.6. The summed E-state index contributed by atoms with van der Waals surface area (Å²) in [5.41, 5.74) is 16.7. The SMILES string of the molecule is CC1(C)c2ccccc2-c2cc3c(c(N(c4ccc(-c5ccccc5)cc4)c4ccc5ccccc5c4)c21)C(C)(C)c1ccccc1-3. The van der Waals surface area contributed by atoms with Crippen LogP contribution in [0.2, 0.25) is 0 Å². The minimum Gasteiger partial charge on any atom is -0.310 e. The van der Waals surface area contributed by atoms with Crippen molar-refractivity contribution in [2.24, 2.45) is 0 Å². The van der Waals surface area contributed by atoms with E-state index in [0.717, 1.165) is 5.69 Å². The highest BCUT2D eigenvalue weighted by molar-refractivity contribution is 6.01. The van der Waals surface area contributed by atoms with Gasteiger partial charge in [-0.2, -0.15) is 0 Å². The largest absolute Gasteiger partial charge is 0.310 e. The molecule has 1 heteroatoms. The van der Waals surface area contributed by atoms with Gasteiger partial charge in [0.2, 0.25) is 0 Å². The Labute approximate surface area is 277 Å². The molecule has 0 unspecified atom stereocenters. The van der Waals surface area contributed by atoms with E-state index in [-0.39, 0.29) is 10.8 Å². The van der Waals surface area contributed by atoms with Crippen LogP contribution in [0.25, 0.3) is 44.2 Å². The molecule has 47 heavy (non-hydrogen) atoms. The molecule has 7 aromatic carbocycles. The summed E-state index contributed by atoms with van der Waals surface area (Å²) in [6, 6.07) is 56.1. The second kappa shape index (κ2) is 10.0. The predicted molar refractivity (Wildman–Crippen MR) is 199 cm³/mol. The van der Waals surface area contributed by atoms with Gasteiger partial charge in [0.05, 0.1) is 5.69 Å². The molecule has 2 aliphatic carbocycles. The zero-order valence-corrected chi connectivity index (χ0v) is 27.4. The number of nitrogens with zero attached hydrogens (tertiary/aromatic N) is 1. The van der Waals surface area contributed by atoms with Gasteiger partial charge in [0, 0.05) is 22.2 Å². The van der Waals surface area contributed by atoms with Gasteiger partial charge in [-0.3, -0.25) is 0 Å². The average Bonchev–Trinajstić information content (AvgIpc) is 3.48. The molecule has 0 aromatic heterocycles. The molecule has 0 aliphatic heterocycles. The molecule has 0 saturated carbocycles. The van der Waals surface area contributed by atoms with E-state index >= 15 is 0 Å². The summed E-state index contributed by atoms with van der Waals surface area (Å²) in [7, 11) is 0. The third-order valence-electron chi connectivity index (χ3n) is 10.8. The van der Waals surface area contributed by atoms with Crippen LogP contribution in [0.1, 0.15) is 49.9 Å². The van der Waals surface area contributed by atoms with Crippen molar-refractivity contribution in [2.45, 2.75) is 38.5 Å². The third kappa shape index (κ3) is 4.02. The first-order valence-electron chi connectivity index (χ1n) is 16.7. The van der Waals surface area contributed by atoms with E-state index in [0.29, 0.717) is 0 Å². The first-order chi connectivity index (χ1) is 22.8. The minimum absolute atomic E-state index is 0.194. The molecule has 0 bridgehead atoms. The topological polar surface area (TPSA) is 3.24 Å². The van der Waals surface area contributed by atoms with Gasteiger partial charge in [0.15, 0.2) is 0 Å². The van der Waals surface area contributed by atoms with Crippen molar-refractivity contribution in [3.8, 4) is 33.4 Å². The smallest absolute Gasteiger partial charge is 0.0555 e. The van der Waals surface area contributed by atoms with Gasteiger partial charge in [-0.25, -0.2) is 0 Å². The first kappa shape index (κ1) is 27.9. The molecule has 0 N–H and O–H groups in total. The summed E-state index contributed by atoms with van der Waals surface area (Å²) in [4.78, 5) is 2.57. The Hall–Kier alpha value is -5.40. The number of rotatable bonds is 4. The van der Waals surface area contributed by atoms with Crippen LogP contribution in [0.5, 0.6) is 0 Å². The lowest BCUT2D eigenvalue weighted by molar-refractivity contribution is 0.640. The normalized spacial score (nSPS) is 14.7. The van der Waals surface area contributed by atoms with Gasteiger partial charge in [0.25, 0.3) is 0 Å². The summed E-state index contributed by atoms with van der Waals surface area (Å²) >= 11 is 0. The first-order valence-corrected chi connectivity index (χ1v) is 16.7. The standard InChI is InChI=1S/C46H37N/c1-45(2)40-20-12-10-18-36(40)38-29-39-37-19-11-13-21-41(37)46(3,4)43(39)44(42(38)45)47(35-27-24-31-16-8-9-17-33(31)28-35)34-25-22-32(23-26-34)30-14-6-5-7-15-30/h5-29H,1-4H3. The lowest BCUT2D eigenvalue weighted by Crippen LogP contribution is -2.26. The third-order valence-corrected chi connectivity index (χ3v) is 10.8. The summed E-state index contributed by atoms with van der Waals surface area (Å²) in [5, 5.41) is 2.49. The Morgan fingerprint density at radius 3 is 1.49 bits per heavy atom. The van der Waals surface area contributed by atoms with Crippen LogP contribution >= 0.6 is 0 Å². The lowest BCUT2D eigenvalue weighted by Gasteiger charge is -2.37. The van der Waals surface area contributed by atoms with E-state index in [1.165, 1.54) is 77.8 Å². The van der Waals surface area contributed by atoms with E-state index in [9.17, 15) is 0 Å². The number of anilines is 3. The molecular weight excluding hydrogens is 567 g/mol. The Morgan fingerprint density at radius 2 is 0.872 bits per heavy atom. The fourth-order valence-electron chi connectivity index (χ4n) is 8.53. The molecule has 0 heterocycles. The Morgan fingerprint density at radius 1 is 0.383 bits per heavy atom. The molecule has 0 radical (unpaired) electrons. The van der Waals surface area contributed by atoms with Crippen LogP contribution in [-0.2, 0) is 10.8 Å². The molecule has 9 rings (SSSR count). The molecule has 0 saturated heterocycles. The van der Waals surface area contributed by atoms with Crippen molar-refractivity contribution >= 4 is 27.8 Å². The van der Waals surface area contributed by atoms with E-state index in [2.05, 4.69) is 184 Å². The van der Waals surface area contributed by atoms with E-state index in [1.807, 2.05) is 0 Å². The zero-order valence-electron chi connectivity index (χ0n) is 27.4. The number of benzene rings is 7. The summed E-state index contributed by atoms with van der Waals surface area (Å²) in [5.74, 6) is 0. The van der Waals surface area contributed by atoms with Crippen molar-refractivity contribution < 1.29 is 0 Å². The fourth-order valence-corrected chi connectivity index (χ4v) is 8.53. The van der Waals surface area contributed by atoms with Crippen LogP contribution in [0.15, 0.2) is 152 Å². The van der Waals surface area contributed by atoms with E-state index in [1.54, 1.807) is 0 Å². The zero-order chi connectivity index (χ0) is 31.9. The second-order valence-corrected chi connectivity index (χ2v) is 14.2. The van der Waals surface area contributed by atoms with Crippen LogP contribution < -0.4 is 4.90 Å². The molecule has 0 amide bonds. The highest BCUT2D eigenvalue weighted by Gasteiger charge is 2.46. The minimum atomic E-state index is -0.194. The molecule has 2 aliphatic rings. The second-order valence-electron chi connectivity index (χ2n) is 14.2.